The molecule has 0 spiro atoms. The summed E-state index contributed by atoms with van der Waals surface area (Å²) in [6.07, 6.45) is -1.27. The Morgan fingerprint density at radius 3 is 2.35 bits per heavy atom. The Morgan fingerprint density at radius 1 is 1.20 bits per heavy atom. The lowest BCUT2D eigenvalue weighted by Crippen LogP contribution is -2.42. The first kappa shape index (κ1) is 16.0. The molecule has 2 rings (SSSR count). The molecule has 1 fully saturated rings. The van der Waals surface area contributed by atoms with E-state index in [1.165, 1.54) is 12.1 Å². The van der Waals surface area contributed by atoms with Gasteiger partial charge < -0.3 is 5.11 Å². The van der Waals surface area contributed by atoms with Gasteiger partial charge in [0.1, 0.15) is 0 Å². The molecule has 1 aromatic rings. The summed E-state index contributed by atoms with van der Waals surface area (Å²) in [4.78, 5) is -0.150. The van der Waals surface area contributed by atoms with Gasteiger partial charge in [0.25, 0.3) is 0 Å². The van der Waals surface area contributed by atoms with Crippen LogP contribution in [0.1, 0.15) is 0 Å². The SMILES string of the molecule is O=S1(=O)C[C@H](O)[C@H](NS(=O)(=O)c2ccc(Cl)c(Cl)c2)C1. The number of aliphatic hydroxyl groups excluding tert-OH is 1. The molecule has 0 aliphatic carbocycles. The van der Waals surface area contributed by atoms with Crippen LogP contribution in [0.25, 0.3) is 0 Å². The average molecular weight is 360 g/mol. The van der Waals surface area contributed by atoms with E-state index in [1.807, 2.05) is 0 Å². The smallest absolute Gasteiger partial charge is 0.240 e. The molecular weight excluding hydrogens is 349 g/mol. The van der Waals surface area contributed by atoms with Crippen LogP contribution in [0, 0.1) is 0 Å². The quantitative estimate of drug-likeness (QED) is 0.814. The van der Waals surface area contributed by atoms with Crippen LogP contribution in [-0.4, -0.2) is 45.6 Å². The van der Waals surface area contributed by atoms with E-state index in [0.29, 0.717) is 0 Å². The van der Waals surface area contributed by atoms with E-state index in [-0.39, 0.29) is 14.9 Å². The maximum atomic E-state index is 12.1. The fourth-order valence-corrected chi connectivity index (χ4v) is 5.36. The fourth-order valence-electron chi connectivity index (χ4n) is 1.85. The lowest BCUT2D eigenvalue weighted by Gasteiger charge is -2.15. The number of hydrogen-bond donors (Lipinski definition) is 2. The van der Waals surface area contributed by atoms with Gasteiger partial charge in [-0.3, -0.25) is 0 Å². The van der Waals surface area contributed by atoms with E-state index in [2.05, 4.69) is 4.72 Å². The first-order valence-electron chi connectivity index (χ1n) is 5.46. The molecule has 1 aliphatic heterocycles. The van der Waals surface area contributed by atoms with Crippen molar-refractivity contribution in [3.05, 3.63) is 28.2 Å². The van der Waals surface area contributed by atoms with Gasteiger partial charge in [-0.15, -0.1) is 0 Å². The Hall–Kier alpha value is -0.380. The average Bonchev–Trinajstić information content (AvgIpc) is 2.54. The maximum Gasteiger partial charge on any atom is 0.240 e. The lowest BCUT2D eigenvalue weighted by molar-refractivity contribution is 0.176. The molecule has 0 aromatic heterocycles. The van der Waals surface area contributed by atoms with Crippen LogP contribution in [0.2, 0.25) is 10.0 Å². The molecule has 112 valence electrons. The molecule has 0 amide bonds. The number of hydrogen-bond acceptors (Lipinski definition) is 5. The summed E-state index contributed by atoms with van der Waals surface area (Å²) >= 11 is 11.4. The van der Waals surface area contributed by atoms with Crippen LogP contribution >= 0.6 is 23.2 Å². The number of benzene rings is 1. The van der Waals surface area contributed by atoms with Gasteiger partial charge in [-0.05, 0) is 18.2 Å². The summed E-state index contributed by atoms with van der Waals surface area (Å²) in [6, 6.07) is 2.65. The molecule has 2 N–H and O–H groups in total. The van der Waals surface area contributed by atoms with Gasteiger partial charge in [-0.2, -0.15) is 0 Å². The molecular formula is C10H11Cl2NO5S2. The molecule has 2 atom stereocenters. The highest BCUT2D eigenvalue weighted by atomic mass is 35.5. The summed E-state index contributed by atoms with van der Waals surface area (Å²) in [5.41, 5.74) is 0. The van der Waals surface area contributed by atoms with Crippen molar-refractivity contribution in [1.82, 2.24) is 4.72 Å². The summed E-state index contributed by atoms with van der Waals surface area (Å²) in [7, 11) is -7.42. The van der Waals surface area contributed by atoms with Gasteiger partial charge in [0.2, 0.25) is 10.0 Å². The first-order valence-corrected chi connectivity index (χ1v) is 9.53. The summed E-state index contributed by atoms with van der Waals surface area (Å²) in [5.74, 6) is -0.893. The van der Waals surface area contributed by atoms with Crippen molar-refractivity contribution >= 4 is 43.1 Å². The predicted octanol–water partition coefficient (Wildman–Crippen LogP) is 0.430. The second kappa shape index (κ2) is 5.43. The van der Waals surface area contributed by atoms with Crippen molar-refractivity contribution in [3.63, 3.8) is 0 Å². The summed E-state index contributed by atoms with van der Waals surface area (Å²) < 4.78 is 49.0. The minimum Gasteiger partial charge on any atom is -0.390 e. The molecule has 0 saturated carbocycles. The normalized spacial score (nSPS) is 25.8. The highest BCUT2D eigenvalue weighted by molar-refractivity contribution is 7.92. The molecule has 20 heavy (non-hydrogen) atoms. The van der Waals surface area contributed by atoms with Gasteiger partial charge in [0.15, 0.2) is 9.84 Å². The number of sulfonamides is 1. The molecule has 1 aromatic carbocycles. The van der Waals surface area contributed by atoms with Crippen molar-refractivity contribution in [3.8, 4) is 0 Å². The largest absolute Gasteiger partial charge is 0.390 e. The number of rotatable bonds is 3. The van der Waals surface area contributed by atoms with E-state index in [0.717, 1.165) is 6.07 Å². The minimum absolute atomic E-state index is 0.0640. The molecule has 0 unspecified atom stereocenters. The third-order valence-electron chi connectivity index (χ3n) is 2.83. The Bertz CT molecular complexity index is 732. The number of nitrogens with one attached hydrogen (secondary N) is 1. The highest BCUT2D eigenvalue weighted by Crippen LogP contribution is 2.25. The van der Waals surface area contributed by atoms with Crippen LogP contribution < -0.4 is 4.72 Å². The highest BCUT2D eigenvalue weighted by Gasteiger charge is 2.38. The van der Waals surface area contributed by atoms with Crippen LogP contribution in [0.15, 0.2) is 23.1 Å². The van der Waals surface area contributed by atoms with Gasteiger partial charge in [-0.1, -0.05) is 23.2 Å². The maximum absolute atomic E-state index is 12.1. The Morgan fingerprint density at radius 2 is 1.85 bits per heavy atom. The van der Waals surface area contributed by atoms with E-state index < -0.39 is 43.5 Å². The number of sulfone groups is 1. The second-order valence-electron chi connectivity index (χ2n) is 4.45. The predicted molar refractivity (Wildman–Crippen MR) is 75.2 cm³/mol. The second-order valence-corrected chi connectivity index (χ2v) is 9.13. The molecule has 1 aliphatic rings. The van der Waals surface area contributed by atoms with Crippen molar-refractivity contribution in [1.29, 1.82) is 0 Å². The number of halogens is 2. The van der Waals surface area contributed by atoms with Crippen molar-refractivity contribution in [2.24, 2.45) is 0 Å². The van der Waals surface area contributed by atoms with Crippen LogP contribution in [0.3, 0.4) is 0 Å². The van der Waals surface area contributed by atoms with Crippen molar-refractivity contribution in [2.75, 3.05) is 11.5 Å². The zero-order valence-corrected chi connectivity index (χ0v) is 13.1. The Kier molecular flexibility index (Phi) is 4.35. The Balaban J connectivity index is 2.26. The fraction of sp³-hybridized carbons (Fsp3) is 0.400. The van der Waals surface area contributed by atoms with Crippen LogP contribution in [0.4, 0.5) is 0 Å². The summed E-state index contributed by atoms with van der Waals surface area (Å²) in [5, 5.41) is 9.85. The van der Waals surface area contributed by atoms with Crippen LogP contribution in [-0.2, 0) is 19.9 Å². The minimum atomic E-state index is -3.98. The van der Waals surface area contributed by atoms with E-state index in [4.69, 9.17) is 23.2 Å². The zero-order valence-electron chi connectivity index (χ0n) is 9.95. The molecule has 0 radical (unpaired) electrons. The first-order chi connectivity index (χ1) is 9.11. The topological polar surface area (TPSA) is 101 Å². The third kappa shape index (κ3) is 3.44. The molecule has 1 heterocycles. The van der Waals surface area contributed by atoms with Gasteiger partial charge in [0, 0.05) is 0 Å². The van der Waals surface area contributed by atoms with Crippen molar-refractivity contribution in [2.45, 2.75) is 17.0 Å². The standard InChI is InChI=1S/C10H11Cl2NO5S2/c11-7-2-1-6(3-8(7)12)20(17,18)13-9-4-19(15,16)5-10(9)14/h1-3,9-10,13-14H,4-5H2/t9-,10+/m1/s1. The van der Waals surface area contributed by atoms with Gasteiger partial charge in [-0.25, -0.2) is 21.6 Å². The monoisotopic (exact) mass is 359 g/mol. The zero-order chi connectivity index (χ0) is 15.1. The van der Waals surface area contributed by atoms with Crippen LogP contribution in [0.5, 0.6) is 0 Å². The third-order valence-corrected chi connectivity index (χ3v) is 6.77. The molecule has 0 bridgehead atoms. The van der Waals surface area contributed by atoms with Gasteiger partial charge in [0.05, 0.1) is 38.6 Å². The van der Waals surface area contributed by atoms with Crippen molar-refractivity contribution < 1.29 is 21.9 Å². The van der Waals surface area contributed by atoms with E-state index >= 15 is 0 Å². The summed E-state index contributed by atoms with van der Waals surface area (Å²) in [6.45, 7) is 0. The van der Waals surface area contributed by atoms with E-state index in [9.17, 15) is 21.9 Å². The van der Waals surface area contributed by atoms with E-state index in [1.54, 1.807) is 0 Å². The molecule has 10 heteroatoms. The molecule has 1 saturated heterocycles. The Labute approximate surface area is 126 Å². The number of aliphatic hydroxyl groups is 1. The van der Waals surface area contributed by atoms with Gasteiger partial charge >= 0.3 is 0 Å². The lowest BCUT2D eigenvalue weighted by atomic mass is 10.2. The molecule has 6 nitrogen and oxygen atoms in total.